The van der Waals surface area contributed by atoms with Crippen LogP contribution in [-0.4, -0.2) is 30.0 Å². The van der Waals surface area contributed by atoms with E-state index in [-0.39, 0.29) is 11.6 Å². The van der Waals surface area contributed by atoms with Gasteiger partial charge >= 0.3 is 0 Å². The summed E-state index contributed by atoms with van der Waals surface area (Å²) in [6.07, 6.45) is 0. The highest BCUT2D eigenvalue weighted by Crippen LogP contribution is 2.60. The number of aromatic amines is 1. The molecular formula is C18H23F3N4O2S. The number of nitrogens with zero attached hydrogens (tertiary/aromatic N) is 2. The number of hydrogen-bond donors (Lipinski definition) is 2. The highest BCUT2D eigenvalue weighted by Gasteiger charge is 2.30. The van der Waals surface area contributed by atoms with Gasteiger partial charge in [-0.1, -0.05) is 32.9 Å². The molecule has 0 saturated heterocycles. The smallest absolute Gasteiger partial charge is 0.270 e. The number of nitrogens with one attached hydrogen (secondary N) is 2. The van der Waals surface area contributed by atoms with E-state index < -0.39 is 39.0 Å². The summed E-state index contributed by atoms with van der Waals surface area (Å²) in [4.78, 5) is 32.0. The van der Waals surface area contributed by atoms with Crippen molar-refractivity contribution >= 4 is 23.0 Å². The third-order valence-corrected chi connectivity index (χ3v) is 4.81. The Kier molecular flexibility index (Phi) is 6.12. The molecule has 154 valence electrons. The lowest BCUT2D eigenvalue weighted by Crippen LogP contribution is -2.37. The number of anilines is 1. The summed E-state index contributed by atoms with van der Waals surface area (Å²) in [5, 5.41) is 2.79. The van der Waals surface area contributed by atoms with Gasteiger partial charge in [-0.15, -0.1) is 11.7 Å². The third-order valence-electron chi connectivity index (χ3n) is 4.01. The summed E-state index contributed by atoms with van der Waals surface area (Å²) in [6, 6.07) is 5.26. The minimum atomic E-state index is -5.30. The molecule has 0 radical (unpaired) electrons. The maximum Gasteiger partial charge on any atom is 0.270 e. The summed E-state index contributed by atoms with van der Waals surface area (Å²) in [6.45, 7) is 5.58. The molecule has 0 aliphatic rings. The Bertz CT molecular complexity index is 903. The quantitative estimate of drug-likeness (QED) is 0.767. The van der Waals surface area contributed by atoms with Crippen molar-refractivity contribution < 1.29 is 16.5 Å². The van der Waals surface area contributed by atoms with Crippen molar-refractivity contribution in [2.75, 3.05) is 19.0 Å². The number of benzene rings is 1. The maximum absolute atomic E-state index is 12.9. The SMILES string of the molecule is CN(C)c1nc(C(=O)N[C@@H](c2ccc(S(F)(F)F)cc2)C(C)(C)C)cc(=O)[nH]1. The summed E-state index contributed by atoms with van der Waals surface area (Å²) < 4.78 is 38.7. The Balaban J connectivity index is 2.36. The van der Waals surface area contributed by atoms with Crippen LogP contribution in [0.25, 0.3) is 0 Å². The first kappa shape index (κ1) is 21.8. The summed E-state index contributed by atoms with van der Waals surface area (Å²) in [7, 11) is 3.34. The highest BCUT2D eigenvalue weighted by molar-refractivity contribution is 8.20. The third kappa shape index (κ3) is 5.28. The van der Waals surface area contributed by atoms with Gasteiger partial charge in [-0.2, -0.15) is 0 Å². The maximum atomic E-state index is 12.9. The molecule has 0 aliphatic heterocycles. The van der Waals surface area contributed by atoms with E-state index in [4.69, 9.17) is 0 Å². The number of carbonyl (C=O) groups is 1. The molecule has 10 heteroatoms. The van der Waals surface area contributed by atoms with Crippen molar-refractivity contribution in [1.29, 1.82) is 0 Å². The first-order valence-corrected chi connectivity index (χ1v) is 9.74. The average molecular weight is 416 g/mol. The van der Waals surface area contributed by atoms with Crippen LogP contribution in [0.15, 0.2) is 40.0 Å². The van der Waals surface area contributed by atoms with E-state index in [9.17, 15) is 21.2 Å². The molecule has 2 aromatic rings. The van der Waals surface area contributed by atoms with Gasteiger partial charge in [-0.3, -0.25) is 14.6 Å². The Labute approximate surface area is 163 Å². The zero-order valence-corrected chi connectivity index (χ0v) is 17.0. The molecule has 2 rings (SSSR count). The van der Waals surface area contributed by atoms with E-state index in [1.54, 1.807) is 19.0 Å². The number of aromatic nitrogens is 2. The molecular weight excluding hydrogens is 393 g/mol. The Morgan fingerprint density at radius 2 is 1.75 bits per heavy atom. The molecule has 0 bridgehead atoms. The van der Waals surface area contributed by atoms with Crippen LogP contribution in [0.5, 0.6) is 0 Å². The van der Waals surface area contributed by atoms with Gasteiger partial charge in [0.05, 0.1) is 10.9 Å². The zero-order chi connectivity index (χ0) is 21.3. The lowest BCUT2D eigenvalue weighted by atomic mass is 9.82. The van der Waals surface area contributed by atoms with Gasteiger partial charge in [0.25, 0.3) is 11.5 Å². The van der Waals surface area contributed by atoms with E-state index in [2.05, 4.69) is 15.3 Å². The number of H-pyrrole nitrogens is 1. The second kappa shape index (κ2) is 7.86. The molecule has 1 heterocycles. The second-order valence-electron chi connectivity index (χ2n) is 7.60. The number of carbonyl (C=O) groups excluding carboxylic acids is 1. The molecule has 1 aromatic carbocycles. The molecule has 0 saturated carbocycles. The van der Waals surface area contributed by atoms with Crippen molar-refractivity contribution in [3.63, 3.8) is 0 Å². The van der Waals surface area contributed by atoms with Gasteiger partial charge < -0.3 is 10.2 Å². The van der Waals surface area contributed by atoms with Crippen LogP contribution in [0, 0.1) is 5.41 Å². The molecule has 0 aliphatic carbocycles. The topological polar surface area (TPSA) is 78.1 Å². The van der Waals surface area contributed by atoms with Crippen LogP contribution in [-0.2, 0) is 0 Å². The van der Waals surface area contributed by atoms with E-state index in [0.29, 0.717) is 5.56 Å². The summed E-state index contributed by atoms with van der Waals surface area (Å²) in [5.41, 5.74) is -0.508. The Morgan fingerprint density at radius 1 is 1.18 bits per heavy atom. The lowest BCUT2D eigenvalue weighted by Gasteiger charge is -2.32. The minimum absolute atomic E-state index is 0.0712. The van der Waals surface area contributed by atoms with Crippen LogP contribution in [0.2, 0.25) is 0 Å². The van der Waals surface area contributed by atoms with Crippen molar-refractivity contribution in [1.82, 2.24) is 15.3 Å². The molecule has 0 unspecified atom stereocenters. The summed E-state index contributed by atoms with van der Waals surface area (Å²) >= 11 is -5.30. The van der Waals surface area contributed by atoms with Gasteiger partial charge in [-0.25, -0.2) is 4.98 Å². The van der Waals surface area contributed by atoms with Crippen LogP contribution >= 0.6 is 11.2 Å². The van der Waals surface area contributed by atoms with Crippen molar-refractivity contribution in [3.8, 4) is 0 Å². The van der Waals surface area contributed by atoms with Crippen molar-refractivity contribution in [2.45, 2.75) is 31.7 Å². The van der Waals surface area contributed by atoms with Gasteiger partial charge in [0.2, 0.25) is 17.1 Å². The van der Waals surface area contributed by atoms with Crippen LogP contribution < -0.4 is 15.8 Å². The number of halogens is 3. The van der Waals surface area contributed by atoms with E-state index >= 15 is 0 Å². The van der Waals surface area contributed by atoms with Gasteiger partial charge in [0, 0.05) is 20.2 Å². The number of rotatable bonds is 5. The Hall–Kier alpha value is -2.49. The van der Waals surface area contributed by atoms with Crippen LogP contribution in [0.4, 0.5) is 17.6 Å². The number of amides is 1. The first-order valence-electron chi connectivity index (χ1n) is 8.41. The fourth-order valence-corrected chi connectivity index (χ4v) is 3.04. The fraction of sp³-hybridized carbons (Fsp3) is 0.389. The first-order chi connectivity index (χ1) is 12.8. The summed E-state index contributed by atoms with van der Waals surface area (Å²) in [5.74, 6) is -0.359. The molecule has 0 spiro atoms. The predicted molar refractivity (Wildman–Crippen MR) is 104 cm³/mol. The molecule has 1 aromatic heterocycles. The molecule has 1 atom stereocenters. The standard InChI is InChI=1S/C18H23F3N4O2S/c1-18(2,3)15(11-6-8-12(9-7-11)28(19,20)21)24-16(27)13-10-14(26)23-17(22-13)25(4)5/h6-10,15H,1-5H3,(H,24,27)(H,22,23,26)/t15-/m0/s1. The van der Waals surface area contributed by atoms with Crippen molar-refractivity contribution in [2.24, 2.45) is 5.41 Å². The fourth-order valence-electron chi connectivity index (χ4n) is 2.59. The largest absolute Gasteiger partial charge is 0.348 e. The normalized spacial score (nSPS) is 13.7. The number of hydrogen-bond acceptors (Lipinski definition) is 4. The minimum Gasteiger partial charge on any atom is -0.348 e. The monoisotopic (exact) mass is 416 g/mol. The van der Waals surface area contributed by atoms with Crippen LogP contribution in [0.3, 0.4) is 0 Å². The molecule has 0 fully saturated rings. The van der Waals surface area contributed by atoms with E-state index in [1.165, 1.54) is 12.1 Å². The lowest BCUT2D eigenvalue weighted by molar-refractivity contribution is 0.0896. The van der Waals surface area contributed by atoms with Crippen LogP contribution in [0.1, 0.15) is 42.9 Å². The van der Waals surface area contributed by atoms with Gasteiger partial charge in [0.1, 0.15) is 5.69 Å². The second-order valence-corrected chi connectivity index (χ2v) is 8.88. The van der Waals surface area contributed by atoms with E-state index in [0.717, 1.165) is 18.2 Å². The average Bonchev–Trinajstić information content (AvgIpc) is 2.57. The van der Waals surface area contributed by atoms with Crippen molar-refractivity contribution in [3.05, 3.63) is 51.9 Å². The predicted octanol–water partition coefficient (Wildman–Crippen LogP) is 4.17. The molecule has 2 N–H and O–H groups in total. The van der Waals surface area contributed by atoms with E-state index in [1.807, 2.05) is 20.8 Å². The molecule has 28 heavy (non-hydrogen) atoms. The molecule has 1 amide bonds. The highest BCUT2D eigenvalue weighted by atomic mass is 32.3. The van der Waals surface area contributed by atoms with Gasteiger partial charge in [0.15, 0.2) is 0 Å². The Morgan fingerprint density at radius 3 is 2.21 bits per heavy atom. The zero-order valence-electron chi connectivity index (χ0n) is 16.2. The van der Waals surface area contributed by atoms with Gasteiger partial charge in [-0.05, 0) is 23.1 Å². The molecule has 6 nitrogen and oxygen atoms in total.